The summed E-state index contributed by atoms with van der Waals surface area (Å²) in [7, 11) is 0. The zero-order chi connectivity index (χ0) is 13.9. The maximum atomic E-state index is 12.4. The van der Waals surface area contributed by atoms with Gasteiger partial charge in [-0.25, -0.2) is 0 Å². The highest BCUT2D eigenvalue weighted by Crippen LogP contribution is 2.27. The van der Waals surface area contributed by atoms with Crippen molar-refractivity contribution in [2.24, 2.45) is 5.92 Å². The fourth-order valence-corrected chi connectivity index (χ4v) is 2.72. The lowest BCUT2D eigenvalue weighted by molar-refractivity contribution is -0.126. The van der Waals surface area contributed by atoms with Crippen molar-refractivity contribution in [2.45, 2.75) is 45.1 Å². The summed E-state index contributed by atoms with van der Waals surface area (Å²) in [5.41, 5.74) is 2.30. The number of hydrogen-bond donors (Lipinski definition) is 2. The molecule has 1 aromatic rings. The third-order valence-electron chi connectivity index (χ3n) is 4.29. The highest BCUT2D eigenvalue weighted by molar-refractivity contribution is 5.81. The number of hydrogen-bond acceptors (Lipinski definition) is 2. The van der Waals surface area contributed by atoms with Crippen LogP contribution >= 0.6 is 0 Å². The summed E-state index contributed by atoms with van der Waals surface area (Å²) in [5, 5.41) is 12.2. The largest absolute Gasteiger partial charge is 0.396 e. The molecule has 19 heavy (non-hydrogen) atoms. The summed E-state index contributed by atoms with van der Waals surface area (Å²) >= 11 is 0. The molecule has 0 fully saturated rings. The monoisotopic (exact) mass is 261 g/mol. The number of nitrogens with one attached hydrogen (secondary N) is 1. The van der Waals surface area contributed by atoms with Gasteiger partial charge in [0, 0.05) is 18.1 Å². The maximum absolute atomic E-state index is 12.4. The van der Waals surface area contributed by atoms with Gasteiger partial charge in [0.05, 0.1) is 0 Å². The maximum Gasteiger partial charge on any atom is 0.224 e. The highest BCUT2D eigenvalue weighted by atomic mass is 16.3. The van der Waals surface area contributed by atoms with Gasteiger partial charge in [0.25, 0.3) is 0 Å². The number of carbonyl (C=O) groups is 1. The van der Waals surface area contributed by atoms with E-state index in [1.165, 1.54) is 11.1 Å². The molecule has 0 aliphatic heterocycles. The Bertz CT molecular complexity index is 433. The first-order valence-corrected chi connectivity index (χ1v) is 7.07. The summed E-state index contributed by atoms with van der Waals surface area (Å²) in [6.07, 6.45) is 3.11. The molecule has 2 N–H and O–H groups in total. The van der Waals surface area contributed by atoms with Gasteiger partial charge in [-0.05, 0) is 43.7 Å². The van der Waals surface area contributed by atoms with Gasteiger partial charge in [0.15, 0.2) is 0 Å². The molecular weight excluding hydrogens is 238 g/mol. The van der Waals surface area contributed by atoms with Crippen LogP contribution in [-0.2, 0) is 17.6 Å². The van der Waals surface area contributed by atoms with Gasteiger partial charge in [-0.2, -0.15) is 0 Å². The van der Waals surface area contributed by atoms with Crippen LogP contribution in [0.25, 0.3) is 0 Å². The Morgan fingerprint density at radius 2 is 1.95 bits per heavy atom. The normalized spacial score (nSPS) is 17.8. The van der Waals surface area contributed by atoms with Crippen molar-refractivity contribution in [3.8, 4) is 0 Å². The average Bonchev–Trinajstić information content (AvgIpc) is 2.83. The molecule has 1 amide bonds. The topological polar surface area (TPSA) is 49.3 Å². The van der Waals surface area contributed by atoms with E-state index >= 15 is 0 Å². The van der Waals surface area contributed by atoms with Crippen molar-refractivity contribution >= 4 is 5.91 Å². The molecule has 3 nitrogen and oxygen atoms in total. The lowest BCUT2D eigenvalue weighted by Gasteiger charge is -2.30. The number of benzene rings is 1. The molecule has 0 saturated carbocycles. The summed E-state index contributed by atoms with van der Waals surface area (Å²) in [4.78, 5) is 12.4. The fraction of sp³-hybridized carbons (Fsp3) is 0.562. The quantitative estimate of drug-likeness (QED) is 0.852. The second-order valence-electron chi connectivity index (χ2n) is 5.75. The minimum absolute atomic E-state index is 0.0435. The standard InChI is InChI=1S/C16H23NO2/c1-3-16(2,8-9-18)17-15(19)14-10-12-6-4-5-7-13(12)11-14/h4-7,14,18H,3,8-11H2,1-2H3,(H,17,19). The second kappa shape index (κ2) is 5.74. The molecule has 0 bridgehead atoms. The van der Waals surface area contributed by atoms with E-state index in [0.29, 0.717) is 6.42 Å². The summed E-state index contributed by atoms with van der Waals surface area (Å²) in [5.74, 6) is 0.163. The van der Waals surface area contributed by atoms with Crippen LogP contribution in [0.1, 0.15) is 37.8 Å². The average molecular weight is 261 g/mol. The predicted molar refractivity (Wildman–Crippen MR) is 75.9 cm³/mol. The molecule has 104 valence electrons. The van der Waals surface area contributed by atoms with Crippen LogP contribution < -0.4 is 5.32 Å². The molecule has 0 spiro atoms. The van der Waals surface area contributed by atoms with Gasteiger partial charge in [0.1, 0.15) is 0 Å². The fourth-order valence-electron chi connectivity index (χ4n) is 2.72. The summed E-state index contributed by atoms with van der Waals surface area (Å²) in [6.45, 7) is 4.15. The Morgan fingerprint density at radius 3 is 2.42 bits per heavy atom. The van der Waals surface area contributed by atoms with Gasteiger partial charge in [0.2, 0.25) is 5.91 Å². The van der Waals surface area contributed by atoms with E-state index in [4.69, 9.17) is 5.11 Å². The Labute approximate surface area is 115 Å². The molecule has 0 aromatic heterocycles. The summed E-state index contributed by atoms with van der Waals surface area (Å²) < 4.78 is 0. The Morgan fingerprint density at radius 1 is 1.37 bits per heavy atom. The first-order valence-electron chi connectivity index (χ1n) is 7.07. The van der Waals surface area contributed by atoms with Crippen LogP contribution in [0.3, 0.4) is 0 Å². The van der Waals surface area contributed by atoms with E-state index in [1.54, 1.807) is 0 Å². The molecule has 1 aromatic carbocycles. The molecule has 1 unspecified atom stereocenters. The van der Waals surface area contributed by atoms with Crippen LogP contribution in [0.15, 0.2) is 24.3 Å². The Hall–Kier alpha value is -1.35. The van der Waals surface area contributed by atoms with Crippen molar-refractivity contribution in [1.82, 2.24) is 5.32 Å². The molecule has 0 heterocycles. The molecule has 2 rings (SSSR count). The van der Waals surface area contributed by atoms with E-state index < -0.39 is 0 Å². The van der Waals surface area contributed by atoms with Crippen LogP contribution in [0.2, 0.25) is 0 Å². The lowest BCUT2D eigenvalue weighted by Crippen LogP contribution is -2.48. The second-order valence-corrected chi connectivity index (χ2v) is 5.75. The minimum atomic E-state index is -0.291. The molecular formula is C16H23NO2. The minimum Gasteiger partial charge on any atom is -0.396 e. The number of rotatable bonds is 5. The molecule has 1 aliphatic carbocycles. The number of aliphatic hydroxyl groups excluding tert-OH is 1. The highest BCUT2D eigenvalue weighted by Gasteiger charge is 2.31. The van der Waals surface area contributed by atoms with E-state index in [0.717, 1.165) is 19.3 Å². The van der Waals surface area contributed by atoms with E-state index in [-0.39, 0.29) is 24.0 Å². The Balaban J connectivity index is 1.99. The van der Waals surface area contributed by atoms with Crippen LogP contribution in [0.4, 0.5) is 0 Å². The number of aliphatic hydroxyl groups is 1. The predicted octanol–water partition coefficient (Wildman–Crippen LogP) is 2.07. The number of carbonyl (C=O) groups excluding carboxylic acids is 1. The van der Waals surface area contributed by atoms with Crippen molar-refractivity contribution < 1.29 is 9.90 Å². The molecule has 3 heteroatoms. The first-order chi connectivity index (χ1) is 9.08. The van der Waals surface area contributed by atoms with Gasteiger partial charge in [-0.15, -0.1) is 0 Å². The van der Waals surface area contributed by atoms with Crippen LogP contribution in [0.5, 0.6) is 0 Å². The SMILES string of the molecule is CCC(C)(CCO)NC(=O)C1Cc2ccccc2C1. The number of fused-ring (bicyclic) bond motifs is 1. The van der Waals surface area contributed by atoms with Crippen molar-refractivity contribution in [1.29, 1.82) is 0 Å². The molecule has 1 aliphatic rings. The van der Waals surface area contributed by atoms with Crippen LogP contribution in [-0.4, -0.2) is 23.2 Å². The molecule has 1 atom stereocenters. The van der Waals surface area contributed by atoms with Gasteiger partial charge < -0.3 is 10.4 Å². The smallest absolute Gasteiger partial charge is 0.224 e. The first kappa shape index (κ1) is 14.1. The third kappa shape index (κ3) is 3.16. The van der Waals surface area contributed by atoms with Gasteiger partial charge >= 0.3 is 0 Å². The van der Waals surface area contributed by atoms with E-state index in [2.05, 4.69) is 17.4 Å². The summed E-state index contributed by atoms with van der Waals surface area (Å²) in [6, 6.07) is 8.27. The zero-order valence-electron chi connectivity index (χ0n) is 11.8. The van der Waals surface area contributed by atoms with Gasteiger partial charge in [-0.1, -0.05) is 31.2 Å². The van der Waals surface area contributed by atoms with Crippen molar-refractivity contribution in [3.05, 3.63) is 35.4 Å². The molecule has 0 radical (unpaired) electrons. The van der Waals surface area contributed by atoms with E-state index in [9.17, 15) is 4.79 Å². The van der Waals surface area contributed by atoms with Crippen molar-refractivity contribution in [2.75, 3.05) is 6.61 Å². The zero-order valence-corrected chi connectivity index (χ0v) is 11.8. The Kier molecular flexibility index (Phi) is 4.25. The lowest BCUT2D eigenvalue weighted by atomic mass is 9.93. The molecule has 0 saturated heterocycles. The van der Waals surface area contributed by atoms with E-state index in [1.807, 2.05) is 26.0 Å². The van der Waals surface area contributed by atoms with Gasteiger partial charge in [-0.3, -0.25) is 4.79 Å². The van der Waals surface area contributed by atoms with Crippen molar-refractivity contribution in [3.63, 3.8) is 0 Å². The number of amides is 1. The third-order valence-corrected chi connectivity index (χ3v) is 4.29. The van der Waals surface area contributed by atoms with Crippen LogP contribution in [0, 0.1) is 5.92 Å².